The van der Waals surface area contributed by atoms with E-state index in [-0.39, 0.29) is 30.0 Å². The van der Waals surface area contributed by atoms with Gasteiger partial charge in [-0.05, 0) is 43.0 Å². The van der Waals surface area contributed by atoms with Gasteiger partial charge in [0.25, 0.3) is 5.56 Å². The van der Waals surface area contributed by atoms with E-state index in [9.17, 15) is 9.59 Å². The van der Waals surface area contributed by atoms with Gasteiger partial charge in [-0.2, -0.15) is 5.10 Å². The molecular weight excluding hydrogens is 448 g/mol. The maximum absolute atomic E-state index is 13.5. The normalized spacial score (nSPS) is 19.9. The highest BCUT2D eigenvalue weighted by atomic mass is 32.2. The van der Waals surface area contributed by atoms with E-state index in [0.717, 1.165) is 37.1 Å². The average Bonchev–Trinajstić information content (AvgIpc) is 3.50. The van der Waals surface area contributed by atoms with Crippen molar-refractivity contribution < 1.29 is 4.79 Å². The lowest BCUT2D eigenvalue weighted by Crippen LogP contribution is -2.40. The van der Waals surface area contributed by atoms with Crippen molar-refractivity contribution in [2.45, 2.75) is 42.9 Å². The molecule has 2 aliphatic rings. The van der Waals surface area contributed by atoms with Crippen LogP contribution in [0.3, 0.4) is 0 Å². The molecule has 3 aromatic heterocycles. The van der Waals surface area contributed by atoms with Crippen molar-refractivity contribution in [2.24, 2.45) is 0 Å². The Morgan fingerprint density at radius 1 is 1.09 bits per heavy atom. The summed E-state index contributed by atoms with van der Waals surface area (Å²) in [6.07, 6.45) is 8.51. The van der Waals surface area contributed by atoms with Crippen molar-refractivity contribution in [3.05, 3.63) is 77.0 Å². The maximum Gasteiger partial charge on any atom is 0.265 e. The van der Waals surface area contributed by atoms with Gasteiger partial charge in [-0.15, -0.1) is 0 Å². The van der Waals surface area contributed by atoms with E-state index in [1.807, 2.05) is 53.6 Å². The summed E-state index contributed by atoms with van der Waals surface area (Å²) in [6.45, 7) is 0.737. The lowest BCUT2D eigenvalue weighted by atomic mass is 9.95. The second kappa shape index (κ2) is 8.72. The summed E-state index contributed by atoms with van der Waals surface area (Å²) in [6, 6.07) is 13.5. The molecule has 1 saturated heterocycles. The largest absolute Gasteiger partial charge is 0.336 e. The first-order valence-electron chi connectivity index (χ1n) is 11.6. The summed E-state index contributed by atoms with van der Waals surface area (Å²) in [5.41, 5.74) is 2.35. The van der Waals surface area contributed by atoms with Crippen molar-refractivity contribution in [1.82, 2.24) is 29.2 Å². The molecule has 2 unspecified atom stereocenters. The quantitative estimate of drug-likeness (QED) is 0.421. The highest BCUT2D eigenvalue weighted by molar-refractivity contribution is 7.99. The number of pyridine rings is 1. The average molecular weight is 473 g/mol. The molecule has 0 aliphatic carbocycles. The van der Waals surface area contributed by atoms with Crippen molar-refractivity contribution in [2.75, 3.05) is 12.3 Å². The van der Waals surface area contributed by atoms with Crippen LogP contribution in [0.1, 0.15) is 43.3 Å². The van der Waals surface area contributed by atoms with E-state index in [1.165, 1.54) is 11.8 Å². The second-order valence-corrected chi connectivity index (χ2v) is 9.74. The molecular formula is C25H24N6O2S. The summed E-state index contributed by atoms with van der Waals surface area (Å²) in [5.74, 6) is 0.740. The Bertz CT molecular complexity index is 1400. The number of aromatic nitrogens is 5. The van der Waals surface area contributed by atoms with Gasteiger partial charge in [-0.3, -0.25) is 19.1 Å². The number of benzene rings is 1. The third-order valence-electron chi connectivity index (χ3n) is 6.67. The fraction of sp³-hybridized carbons (Fsp3) is 0.320. The van der Waals surface area contributed by atoms with Crippen LogP contribution in [0.15, 0.2) is 71.0 Å². The van der Waals surface area contributed by atoms with Crippen LogP contribution in [0.5, 0.6) is 0 Å². The topological polar surface area (TPSA) is 85.9 Å². The number of fused-ring (bicyclic) bond motifs is 2. The zero-order valence-electron chi connectivity index (χ0n) is 18.6. The van der Waals surface area contributed by atoms with E-state index < -0.39 is 0 Å². The van der Waals surface area contributed by atoms with E-state index >= 15 is 0 Å². The van der Waals surface area contributed by atoms with Gasteiger partial charge in [0.15, 0.2) is 10.8 Å². The number of carbonyl (C=O) groups is 1. The number of nitrogens with zero attached hydrogens (tertiary/aromatic N) is 6. The summed E-state index contributed by atoms with van der Waals surface area (Å²) in [7, 11) is 0. The van der Waals surface area contributed by atoms with Crippen LogP contribution in [0.4, 0.5) is 0 Å². The SMILES string of the molecule is O=C(CC1CSc2nc3c(cnn3-c3ccccc3)c(=O)n21)N1CCCCC1c1cccnc1. The molecule has 0 bridgehead atoms. The summed E-state index contributed by atoms with van der Waals surface area (Å²) in [4.78, 5) is 37.9. The van der Waals surface area contributed by atoms with Gasteiger partial charge < -0.3 is 4.90 Å². The molecule has 34 heavy (non-hydrogen) atoms. The van der Waals surface area contributed by atoms with E-state index in [2.05, 4.69) is 10.1 Å². The molecule has 6 rings (SSSR count). The van der Waals surface area contributed by atoms with Crippen molar-refractivity contribution in [3.8, 4) is 5.69 Å². The third kappa shape index (κ3) is 3.60. The van der Waals surface area contributed by atoms with E-state index in [4.69, 9.17) is 4.98 Å². The van der Waals surface area contributed by atoms with Gasteiger partial charge in [-0.25, -0.2) is 9.67 Å². The minimum atomic E-state index is -0.214. The standard InChI is InChI=1S/C25H24N6O2S/c32-22(29-12-5-4-10-21(29)17-7-6-11-26-14-17)13-19-16-34-25-28-23-20(24(33)30(19)25)15-27-31(23)18-8-2-1-3-9-18/h1-3,6-9,11,14-15,19,21H,4-5,10,12-13,16H2. The van der Waals surface area contributed by atoms with Gasteiger partial charge in [0.05, 0.1) is 24.0 Å². The Labute approximate surface area is 200 Å². The van der Waals surface area contributed by atoms with Gasteiger partial charge in [0.2, 0.25) is 5.91 Å². The number of hydrogen-bond donors (Lipinski definition) is 0. The summed E-state index contributed by atoms with van der Waals surface area (Å²) in [5, 5.41) is 5.54. The highest BCUT2D eigenvalue weighted by Crippen LogP contribution is 2.36. The molecule has 0 spiro atoms. The molecule has 1 fully saturated rings. The smallest absolute Gasteiger partial charge is 0.265 e. The Kier molecular flexibility index (Phi) is 5.41. The number of thioether (sulfide) groups is 1. The maximum atomic E-state index is 13.5. The number of likely N-dealkylation sites (tertiary alicyclic amines) is 1. The monoisotopic (exact) mass is 472 g/mol. The molecule has 0 N–H and O–H groups in total. The first kappa shape index (κ1) is 21.1. The highest BCUT2D eigenvalue weighted by Gasteiger charge is 2.34. The number of amides is 1. The molecule has 4 aromatic rings. The van der Waals surface area contributed by atoms with Crippen molar-refractivity contribution >= 4 is 28.7 Å². The van der Waals surface area contributed by atoms with Crippen LogP contribution in [0.25, 0.3) is 16.7 Å². The lowest BCUT2D eigenvalue weighted by molar-refractivity contribution is -0.135. The number of para-hydroxylation sites is 1. The minimum absolute atomic E-state index is 0.0462. The molecule has 0 saturated carbocycles. The van der Waals surface area contributed by atoms with Crippen molar-refractivity contribution in [3.63, 3.8) is 0 Å². The molecule has 172 valence electrons. The minimum Gasteiger partial charge on any atom is -0.336 e. The molecule has 1 aromatic carbocycles. The first-order chi connectivity index (χ1) is 16.7. The van der Waals surface area contributed by atoms with Crippen LogP contribution in [-0.4, -0.2) is 47.4 Å². The molecule has 9 heteroatoms. The van der Waals surface area contributed by atoms with Gasteiger partial charge in [0.1, 0.15) is 5.39 Å². The number of hydrogen-bond acceptors (Lipinski definition) is 6. The van der Waals surface area contributed by atoms with Crippen LogP contribution < -0.4 is 5.56 Å². The molecule has 5 heterocycles. The van der Waals surface area contributed by atoms with Gasteiger partial charge in [-0.1, -0.05) is 36.0 Å². The molecule has 2 aliphatic heterocycles. The molecule has 8 nitrogen and oxygen atoms in total. The molecule has 0 radical (unpaired) electrons. The van der Waals surface area contributed by atoms with Crippen molar-refractivity contribution in [1.29, 1.82) is 0 Å². The predicted molar refractivity (Wildman–Crippen MR) is 130 cm³/mol. The Morgan fingerprint density at radius 3 is 2.79 bits per heavy atom. The second-order valence-electron chi connectivity index (χ2n) is 8.75. The van der Waals surface area contributed by atoms with Crippen LogP contribution >= 0.6 is 11.8 Å². The Balaban J connectivity index is 1.30. The molecule has 2 atom stereocenters. The van der Waals surface area contributed by atoms with E-state index in [0.29, 0.717) is 21.9 Å². The lowest BCUT2D eigenvalue weighted by Gasteiger charge is -2.36. The molecule has 1 amide bonds. The van der Waals surface area contributed by atoms with Crippen LogP contribution in [-0.2, 0) is 4.79 Å². The van der Waals surface area contributed by atoms with Gasteiger partial charge >= 0.3 is 0 Å². The van der Waals surface area contributed by atoms with Gasteiger partial charge in [0, 0.05) is 31.1 Å². The number of carbonyl (C=O) groups excluding carboxylic acids is 1. The summed E-state index contributed by atoms with van der Waals surface area (Å²) >= 11 is 1.53. The fourth-order valence-corrected chi connectivity index (χ4v) is 6.14. The predicted octanol–water partition coefficient (Wildman–Crippen LogP) is 3.77. The van der Waals surface area contributed by atoms with E-state index in [1.54, 1.807) is 21.6 Å². The summed E-state index contributed by atoms with van der Waals surface area (Å²) < 4.78 is 3.40. The Hall–Kier alpha value is -3.46. The number of rotatable bonds is 4. The zero-order valence-corrected chi connectivity index (χ0v) is 19.4. The fourth-order valence-electron chi connectivity index (χ4n) is 5.01. The Morgan fingerprint density at radius 2 is 1.97 bits per heavy atom. The third-order valence-corrected chi connectivity index (χ3v) is 7.77. The first-order valence-corrected chi connectivity index (χ1v) is 12.6. The number of piperidine rings is 1. The zero-order chi connectivity index (χ0) is 23.1. The van der Waals surface area contributed by atoms with Crippen LogP contribution in [0, 0.1) is 0 Å². The van der Waals surface area contributed by atoms with Crippen LogP contribution in [0.2, 0.25) is 0 Å².